The van der Waals surface area contributed by atoms with Gasteiger partial charge >= 0.3 is 0 Å². The average molecular weight is 262 g/mol. The van der Waals surface area contributed by atoms with Crippen LogP contribution >= 0.6 is 0 Å². The number of nitrogens with two attached hydrogens (primary N) is 1. The van der Waals surface area contributed by atoms with E-state index >= 15 is 0 Å². The SMILES string of the molecule is C[C@@H](CCc1ccccc1)CC(=O)N(C)CC(N)=O. The Morgan fingerprint density at radius 3 is 2.47 bits per heavy atom. The van der Waals surface area contributed by atoms with Crippen molar-refractivity contribution >= 4 is 11.8 Å². The molecule has 0 unspecified atom stereocenters. The maximum Gasteiger partial charge on any atom is 0.237 e. The lowest BCUT2D eigenvalue weighted by Gasteiger charge is -2.18. The molecule has 0 heterocycles. The maximum atomic E-state index is 11.8. The number of primary amides is 1. The molecule has 0 saturated heterocycles. The van der Waals surface area contributed by atoms with Crippen molar-refractivity contribution in [3.8, 4) is 0 Å². The van der Waals surface area contributed by atoms with Crippen LogP contribution in [0.15, 0.2) is 30.3 Å². The van der Waals surface area contributed by atoms with Gasteiger partial charge in [0.25, 0.3) is 0 Å². The average Bonchev–Trinajstić information content (AvgIpc) is 2.36. The summed E-state index contributed by atoms with van der Waals surface area (Å²) in [5.41, 5.74) is 6.35. The first-order chi connectivity index (χ1) is 8.99. The zero-order valence-electron chi connectivity index (χ0n) is 11.6. The minimum absolute atomic E-state index is 0.00968. The number of carbonyl (C=O) groups is 2. The third-order valence-corrected chi connectivity index (χ3v) is 3.11. The van der Waals surface area contributed by atoms with Crippen LogP contribution in [0.4, 0.5) is 0 Å². The molecule has 0 fully saturated rings. The van der Waals surface area contributed by atoms with Crippen molar-refractivity contribution in [1.29, 1.82) is 0 Å². The normalized spacial score (nSPS) is 11.9. The van der Waals surface area contributed by atoms with Crippen LogP contribution in [0, 0.1) is 5.92 Å². The summed E-state index contributed by atoms with van der Waals surface area (Å²) < 4.78 is 0. The Bertz CT molecular complexity index is 417. The molecule has 19 heavy (non-hydrogen) atoms. The fourth-order valence-corrected chi connectivity index (χ4v) is 1.94. The molecule has 104 valence electrons. The summed E-state index contributed by atoms with van der Waals surface area (Å²) in [5.74, 6) is -0.213. The van der Waals surface area contributed by atoms with Gasteiger partial charge in [0.2, 0.25) is 11.8 Å². The molecule has 2 amide bonds. The second-order valence-electron chi connectivity index (χ2n) is 5.05. The summed E-state index contributed by atoms with van der Waals surface area (Å²) in [7, 11) is 1.61. The molecular weight excluding hydrogens is 240 g/mol. The van der Waals surface area contributed by atoms with E-state index in [2.05, 4.69) is 19.1 Å². The van der Waals surface area contributed by atoms with Gasteiger partial charge < -0.3 is 10.6 Å². The van der Waals surface area contributed by atoms with Crippen molar-refractivity contribution in [3.05, 3.63) is 35.9 Å². The molecular formula is C15H22N2O2. The van der Waals surface area contributed by atoms with Gasteiger partial charge in [0.05, 0.1) is 6.54 Å². The second-order valence-corrected chi connectivity index (χ2v) is 5.05. The number of hydrogen-bond donors (Lipinski definition) is 1. The molecule has 0 spiro atoms. The summed E-state index contributed by atoms with van der Waals surface area (Å²) in [6, 6.07) is 10.2. The van der Waals surface area contributed by atoms with Crippen LogP contribution in [0.2, 0.25) is 0 Å². The summed E-state index contributed by atoms with van der Waals surface area (Å²) in [4.78, 5) is 23.9. The van der Waals surface area contributed by atoms with Crippen molar-refractivity contribution in [2.45, 2.75) is 26.2 Å². The third kappa shape index (κ3) is 6.04. The fraction of sp³-hybridized carbons (Fsp3) is 0.467. The van der Waals surface area contributed by atoms with E-state index < -0.39 is 5.91 Å². The quantitative estimate of drug-likeness (QED) is 0.811. The number of amides is 2. The number of aryl methyl sites for hydroxylation is 1. The Balaban J connectivity index is 2.32. The van der Waals surface area contributed by atoms with E-state index in [1.165, 1.54) is 10.5 Å². The minimum atomic E-state index is -0.479. The van der Waals surface area contributed by atoms with Crippen LogP contribution in [-0.2, 0) is 16.0 Å². The highest BCUT2D eigenvalue weighted by atomic mass is 16.2. The van der Waals surface area contributed by atoms with E-state index in [4.69, 9.17) is 5.73 Å². The fourth-order valence-electron chi connectivity index (χ4n) is 1.94. The smallest absolute Gasteiger partial charge is 0.237 e. The molecule has 1 aromatic carbocycles. The van der Waals surface area contributed by atoms with E-state index in [1.54, 1.807) is 7.05 Å². The van der Waals surface area contributed by atoms with E-state index in [9.17, 15) is 9.59 Å². The van der Waals surface area contributed by atoms with E-state index in [-0.39, 0.29) is 12.5 Å². The van der Waals surface area contributed by atoms with Crippen molar-refractivity contribution in [2.24, 2.45) is 11.7 Å². The predicted octanol–water partition coefficient (Wildman–Crippen LogP) is 1.59. The molecule has 0 saturated carbocycles. The third-order valence-electron chi connectivity index (χ3n) is 3.11. The first kappa shape index (κ1) is 15.2. The van der Waals surface area contributed by atoms with Gasteiger partial charge in [-0.15, -0.1) is 0 Å². The van der Waals surface area contributed by atoms with Gasteiger partial charge in [0, 0.05) is 13.5 Å². The molecule has 0 bridgehead atoms. The molecule has 0 aromatic heterocycles. The largest absolute Gasteiger partial charge is 0.368 e. The highest BCUT2D eigenvalue weighted by molar-refractivity contribution is 5.83. The molecule has 0 aliphatic rings. The molecule has 1 atom stereocenters. The Morgan fingerprint density at radius 2 is 1.89 bits per heavy atom. The van der Waals surface area contributed by atoms with Crippen molar-refractivity contribution in [2.75, 3.05) is 13.6 Å². The van der Waals surface area contributed by atoms with Crippen molar-refractivity contribution in [1.82, 2.24) is 4.90 Å². The molecule has 0 aliphatic carbocycles. The number of benzene rings is 1. The predicted molar refractivity (Wildman–Crippen MR) is 75.4 cm³/mol. The van der Waals surface area contributed by atoms with Crippen LogP contribution in [0.3, 0.4) is 0 Å². The van der Waals surface area contributed by atoms with Crippen LogP contribution in [-0.4, -0.2) is 30.3 Å². The lowest BCUT2D eigenvalue weighted by molar-refractivity contribution is -0.134. The van der Waals surface area contributed by atoms with E-state index in [0.29, 0.717) is 12.3 Å². The van der Waals surface area contributed by atoms with Gasteiger partial charge in [0.15, 0.2) is 0 Å². The monoisotopic (exact) mass is 262 g/mol. The van der Waals surface area contributed by atoms with Crippen molar-refractivity contribution in [3.63, 3.8) is 0 Å². The minimum Gasteiger partial charge on any atom is -0.368 e. The highest BCUT2D eigenvalue weighted by Crippen LogP contribution is 2.13. The Kier molecular flexibility index (Phi) is 6.06. The lowest BCUT2D eigenvalue weighted by atomic mass is 9.98. The molecule has 0 radical (unpaired) electrons. The lowest BCUT2D eigenvalue weighted by Crippen LogP contribution is -2.36. The number of hydrogen-bond acceptors (Lipinski definition) is 2. The molecule has 1 aromatic rings. The molecule has 0 aliphatic heterocycles. The molecule has 1 rings (SSSR count). The first-order valence-electron chi connectivity index (χ1n) is 6.55. The number of nitrogens with zero attached hydrogens (tertiary/aromatic N) is 1. The zero-order valence-corrected chi connectivity index (χ0v) is 11.6. The van der Waals surface area contributed by atoms with Gasteiger partial charge in [-0.3, -0.25) is 9.59 Å². The van der Waals surface area contributed by atoms with Crippen LogP contribution in [0.25, 0.3) is 0 Å². The second kappa shape index (κ2) is 7.56. The van der Waals surface area contributed by atoms with Gasteiger partial charge in [-0.1, -0.05) is 37.3 Å². The van der Waals surface area contributed by atoms with E-state index in [0.717, 1.165) is 12.8 Å². The zero-order chi connectivity index (χ0) is 14.3. The number of likely N-dealkylation sites (N-methyl/N-ethyl adjacent to an activating group) is 1. The van der Waals surface area contributed by atoms with E-state index in [1.807, 2.05) is 18.2 Å². The van der Waals surface area contributed by atoms with Gasteiger partial charge in [-0.2, -0.15) is 0 Å². The Labute approximate surface area is 114 Å². The number of rotatable bonds is 7. The summed E-state index contributed by atoms with van der Waals surface area (Å²) in [6.07, 6.45) is 2.38. The Morgan fingerprint density at radius 1 is 1.26 bits per heavy atom. The summed E-state index contributed by atoms with van der Waals surface area (Å²) in [6.45, 7) is 2.04. The topological polar surface area (TPSA) is 63.4 Å². The molecule has 4 nitrogen and oxygen atoms in total. The standard InChI is InChI=1S/C15H22N2O2/c1-12(8-9-13-6-4-3-5-7-13)10-15(19)17(2)11-14(16)18/h3-7,12H,8-11H2,1-2H3,(H2,16,18)/t12-/m0/s1. The Hall–Kier alpha value is -1.84. The first-order valence-corrected chi connectivity index (χ1v) is 6.55. The van der Waals surface area contributed by atoms with Crippen molar-refractivity contribution < 1.29 is 9.59 Å². The van der Waals surface area contributed by atoms with Crippen LogP contribution < -0.4 is 5.73 Å². The summed E-state index contributed by atoms with van der Waals surface area (Å²) >= 11 is 0. The summed E-state index contributed by atoms with van der Waals surface area (Å²) in [5, 5.41) is 0. The molecule has 2 N–H and O–H groups in total. The van der Waals surface area contributed by atoms with Gasteiger partial charge in [0.1, 0.15) is 0 Å². The highest BCUT2D eigenvalue weighted by Gasteiger charge is 2.14. The van der Waals surface area contributed by atoms with Gasteiger partial charge in [-0.05, 0) is 24.3 Å². The molecule has 4 heteroatoms. The van der Waals surface area contributed by atoms with Crippen LogP contribution in [0.1, 0.15) is 25.3 Å². The van der Waals surface area contributed by atoms with Gasteiger partial charge in [-0.25, -0.2) is 0 Å². The maximum absolute atomic E-state index is 11.8. The number of carbonyl (C=O) groups excluding carboxylic acids is 2. The van der Waals surface area contributed by atoms with Crippen LogP contribution in [0.5, 0.6) is 0 Å².